The van der Waals surface area contributed by atoms with Gasteiger partial charge in [-0.2, -0.15) is 0 Å². The Labute approximate surface area is 114 Å². The lowest BCUT2D eigenvalue weighted by molar-refractivity contribution is -0.0361. The van der Waals surface area contributed by atoms with Crippen LogP contribution in [0.3, 0.4) is 0 Å². The van der Waals surface area contributed by atoms with Crippen LogP contribution in [0.25, 0.3) is 21.9 Å². The average molecular weight is 271 g/mol. The fourth-order valence-corrected chi connectivity index (χ4v) is 2.15. The third kappa shape index (κ3) is 2.24. The summed E-state index contributed by atoms with van der Waals surface area (Å²) in [5.74, 6) is -0.356. The quantitative estimate of drug-likeness (QED) is 0.632. The first-order valence-electron chi connectivity index (χ1n) is 6.21. The highest BCUT2D eigenvalue weighted by Gasteiger charge is 2.11. The topological polar surface area (TPSA) is 82.7 Å². The highest BCUT2D eigenvalue weighted by atomic mass is 16.5. The van der Waals surface area contributed by atoms with Gasteiger partial charge < -0.3 is 19.9 Å². The van der Waals surface area contributed by atoms with Crippen molar-refractivity contribution in [3.8, 4) is 0 Å². The number of fused-ring (bicyclic) bond motifs is 3. The van der Waals surface area contributed by atoms with Gasteiger partial charge in [-0.1, -0.05) is 18.2 Å². The molecule has 5 heteroatoms. The molecule has 1 aromatic heterocycles. The molecule has 2 aromatic carbocycles. The predicted octanol–water partition coefficient (Wildman–Crippen LogP) is 1.63. The first kappa shape index (κ1) is 12.7. The molecule has 5 nitrogen and oxygen atoms in total. The number of amides is 1. The Morgan fingerprint density at radius 1 is 1.10 bits per heavy atom. The van der Waals surface area contributed by atoms with Crippen LogP contribution in [0, 0.1) is 0 Å². The van der Waals surface area contributed by atoms with Gasteiger partial charge in [0.15, 0.2) is 6.29 Å². The summed E-state index contributed by atoms with van der Waals surface area (Å²) in [5.41, 5.74) is 1.93. The van der Waals surface area contributed by atoms with Crippen molar-refractivity contribution in [2.75, 3.05) is 6.54 Å². The van der Waals surface area contributed by atoms with E-state index in [4.69, 9.17) is 14.6 Å². The second-order valence-corrected chi connectivity index (χ2v) is 4.50. The zero-order valence-electron chi connectivity index (χ0n) is 10.5. The Hall–Kier alpha value is -2.37. The van der Waals surface area contributed by atoms with Crippen molar-refractivity contribution >= 4 is 27.8 Å². The van der Waals surface area contributed by atoms with E-state index < -0.39 is 6.29 Å². The minimum atomic E-state index is -1.56. The van der Waals surface area contributed by atoms with Crippen LogP contribution < -0.4 is 5.32 Å². The predicted molar refractivity (Wildman–Crippen MR) is 74.3 cm³/mol. The van der Waals surface area contributed by atoms with Gasteiger partial charge in [0.2, 0.25) is 0 Å². The van der Waals surface area contributed by atoms with E-state index in [-0.39, 0.29) is 12.5 Å². The van der Waals surface area contributed by atoms with Crippen molar-refractivity contribution in [3.63, 3.8) is 0 Å². The van der Waals surface area contributed by atoms with Gasteiger partial charge >= 0.3 is 0 Å². The molecule has 3 rings (SSSR count). The number of aliphatic hydroxyl groups is 2. The third-order valence-corrected chi connectivity index (χ3v) is 3.08. The molecule has 0 atom stereocenters. The molecule has 0 aliphatic heterocycles. The molecule has 1 amide bonds. The summed E-state index contributed by atoms with van der Waals surface area (Å²) < 4.78 is 5.67. The highest BCUT2D eigenvalue weighted by molar-refractivity contribution is 6.08. The molecule has 0 saturated carbocycles. The van der Waals surface area contributed by atoms with Gasteiger partial charge in [-0.05, 0) is 24.3 Å². The number of para-hydroxylation sites is 1. The molecular formula is C15H13NO4. The number of carbonyl (C=O) groups excluding carboxylic acids is 1. The van der Waals surface area contributed by atoms with Crippen LogP contribution in [-0.2, 0) is 0 Å². The molecule has 1 heterocycles. The maximum atomic E-state index is 11.9. The molecule has 0 fully saturated rings. The Kier molecular flexibility index (Phi) is 3.14. The lowest BCUT2D eigenvalue weighted by Gasteiger charge is -2.06. The molecule has 0 aliphatic rings. The Morgan fingerprint density at radius 3 is 2.65 bits per heavy atom. The average Bonchev–Trinajstić information content (AvgIpc) is 2.82. The Morgan fingerprint density at radius 2 is 1.85 bits per heavy atom. The number of nitrogens with one attached hydrogen (secondary N) is 1. The van der Waals surface area contributed by atoms with Gasteiger partial charge in [0, 0.05) is 16.3 Å². The third-order valence-electron chi connectivity index (χ3n) is 3.08. The van der Waals surface area contributed by atoms with Crippen molar-refractivity contribution in [2.24, 2.45) is 0 Å². The first-order chi connectivity index (χ1) is 9.65. The van der Waals surface area contributed by atoms with E-state index in [1.54, 1.807) is 18.2 Å². The van der Waals surface area contributed by atoms with Crippen molar-refractivity contribution in [3.05, 3.63) is 48.0 Å². The second kappa shape index (κ2) is 4.96. The number of aliphatic hydroxyl groups excluding tert-OH is 1. The van der Waals surface area contributed by atoms with E-state index in [2.05, 4.69) is 5.32 Å². The van der Waals surface area contributed by atoms with Crippen molar-refractivity contribution in [2.45, 2.75) is 6.29 Å². The van der Waals surface area contributed by atoms with E-state index in [9.17, 15) is 4.79 Å². The normalized spacial score (nSPS) is 11.3. The first-order valence-corrected chi connectivity index (χ1v) is 6.21. The number of hydrogen-bond acceptors (Lipinski definition) is 4. The molecule has 3 aromatic rings. The number of furan rings is 1. The smallest absolute Gasteiger partial charge is 0.251 e. The van der Waals surface area contributed by atoms with Gasteiger partial charge in [0.25, 0.3) is 5.91 Å². The van der Waals surface area contributed by atoms with Gasteiger partial charge in [-0.3, -0.25) is 4.79 Å². The molecule has 0 radical (unpaired) electrons. The number of hydrogen-bond donors (Lipinski definition) is 3. The zero-order chi connectivity index (χ0) is 14.1. The fraction of sp³-hybridized carbons (Fsp3) is 0.133. The number of carbonyl (C=O) groups is 1. The standard InChI is InChI=1S/C15H13NO4/c17-14(18)8-16-15(19)9-5-6-13-11(7-9)10-3-1-2-4-12(10)20-13/h1-7,14,17-18H,8H2,(H,16,19). The maximum absolute atomic E-state index is 11.9. The van der Waals surface area contributed by atoms with Crippen LogP contribution in [0.1, 0.15) is 10.4 Å². The van der Waals surface area contributed by atoms with Crippen LogP contribution in [0.2, 0.25) is 0 Å². The summed E-state index contributed by atoms with van der Waals surface area (Å²) in [4.78, 5) is 11.9. The van der Waals surface area contributed by atoms with Crippen LogP contribution >= 0.6 is 0 Å². The molecule has 0 bridgehead atoms. The molecule has 20 heavy (non-hydrogen) atoms. The number of benzene rings is 2. The highest BCUT2D eigenvalue weighted by Crippen LogP contribution is 2.29. The summed E-state index contributed by atoms with van der Waals surface area (Å²) in [7, 11) is 0. The van der Waals surface area contributed by atoms with E-state index in [0.29, 0.717) is 11.1 Å². The maximum Gasteiger partial charge on any atom is 0.251 e. The molecule has 0 unspecified atom stereocenters. The fourth-order valence-electron chi connectivity index (χ4n) is 2.15. The Balaban J connectivity index is 2.01. The minimum Gasteiger partial charge on any atom is -0.456 e. The summed E-state index contributed by atoms with van der Waals surface area (Å²) >= 11 is 0. The van der Waals surface area contributed by atoms with Crippen molar-refractivity contribution in [1.82, 2.24) is 5.32 Å². The second-order valence-electron chi connectivity index (χ2n) is 4.50. The summed E-state index contributed by atoms with van der Waals surface area (Å²) in [6.45, 7) is -0.205. The number of rotatable bonds is 3. The van der Waals surface area contributed by atoms with Crippen molar-refractivity contribution in [1.29, 1.82) is 0 Å². The van der Waals surface area contributed by atoms with E-state index >= 15 is 0 Å². The summed E-state index contributed by atoms with van der Waals surface area (Å²) in [6.07, 6.45) is -1.56. The van der Waals surface area contributed by atoms with Crippen LogP contribution in [0.4, 0.5) is 0 Å². The van der Waals surface area contributed by atoms with Gasteiger partial charge in [-0.15, -0.1) is 0 Å². The molecule has 0 saturated heterocycles. The molecule has 3 N–H and O–H groups in total. The minimum absolute atomic E-state index is 0.205. The Bertz CT molecular complexity index is 776. The summed E-state index contributed by atoms with van der Waals surface area (Å²) in [6, 6.07) is 12.7. The zero-order valence-corrected chi connectivity index (χ0v) is 10.5. The molecule has 0 aliphatic carbocycles. The van der Waals surface area contributed by atoms with Gasteiger partial charge in [-0.25, -0.2) is 0 Å². The molecular weight excluding hydrogens is 258 g/mol. The van der Waals surface area contributed by atoms with Gasteiger partial charge in [0.05, 0.1) is 6.54 Å². The molecule has 0 spiro atoms. The van der Waals surface area contributed by atoms with E-state index in [0.717, 1.165) is 16.4 Å². The van der Waals surface area contributed by atoms with E-state index in [1.165, 1.54) is 0 Å². The monoisotopic (exact) mass is 271 g/mol. The summed E-state index contributed by atoms with van der Waals surface area (Å²) in [5, 5.41) is 21.7. The molecule has 102 valence electrons. The van der Waals surface area contributed by atoms with Crippen LogP contribution in [0.5, 0.6) is 0 Å². The lowest BCUT2D eigenvalue weighted by Crippen LogP contribution is -2.31. The van der Waals surface area contributed by atoms with Crippen LogP contribution in [0.15, 0.2) is 46.9 Å². The lowest BCUT2D eigenvalue weighted by atomic mass is 10.1. The van der Waals surface area contributed by atoms with Crippen molar-refractivity contribution < 1.29 is 19.4 Å². The van der Waals surface area contributed by atoms with Gasteiger partial charge in [0.1, 0.15) is 11.2 Å². The SMILES string of the molecule is O=C(NCC(O)O)c1ccc2oc3ccccc3c2c1. The largest absolute Gasteiger partial charge is 0.456 e. The van der Waals surface area contributed by atoms with E-state index in [1.807, 2.05) is 24.3 Å². The van der Waals surface area contributed by atoms with Crippen LogP contribution in [-0.4, -0.2) is 29.0 Å².